The van der Waals surface area contributed by atoms with Gasteiger partial charge in [-0.05, 0) is 30.3 Å². The van der Waals surface area contributed by atoms with E-state index in [-0.39, 0.29) is 21.2 Å². The van der Waals surface area contributed by atoms with Gasteiger partial charge < -0.3 is 0 Å². The first-order valence-electron chi connectivity index (χ1n) is 5.26. The Balaban J connectivity index is 2.36. The number of rotatable bonds is 3. The van der Waals surface area contributed by atoms with Crippen LogP contribution in [0.4, 0.5) is 10.1 Å². The maximum atomic E-state index is 12.6. The minimum Gasteiger partial charge on any atom is -0.278 e. The van der Waals surface area contributed by atoms with Crippen LogP contribution in [0.15, 0.2) is 41.4 Å². The van der Waals surface area contributed by atoms with Crippen molar-refractivity contribution in [3.63, 3.8) is 0 Å². The van der Waals surface area contributed by atoms with Crippen LogP contribution in [0.3, 0.4) is 0 Å². The van der Waals surface area contributed by atoms with Gasteiger partial charge in [0.25, 0.3) is 10.0 Å². The number of pyridine rings is 1. The standard InChI is InChI=1S/C12H7ClFN3O2S/c13-10-5-8(6-15)1-3-11(10)20(18,19)17-9-2-4-12(14)16-7-9/h1-5,7,17H. The lowest BCUT2D eigenvalue weighted by Crippen LogP contribution is -2.13. The smallest absolute Gasteiger partial charge is 0.263 e. The molecule has 1 aromatic heterocycles. The van der Waals surface area contributed by atoms with Crippen LogP contribution >= 0.6 is 11.6 Å². The minimum atomic E-state index is -3.94. The molecule has 1 aromatic carbocycles. The molecule has 0 unspecified atom stereocenters. The Labute approximate surface area is 119 Å². The van der Waals surface area contributed by atoms with Gasteiger partial charge in [-0.15, -0.1) is 0 Å². The lowest BCUT2D eigenvalue weighted by atomic mass is 10.2. The van der Waals surface area contributed by atoms with Crippen LogP contribution in [0.25, 0.3) is 0 Å². The van der Waals surface area contributed by atoms with Crippen LogP contribution in [0.1, 0.15) is 5.56 Å². The molecule has 102 valence electrons. The zero-order valence-electron chi connectivity index (χ0n) is 9.84. The number of benzene rings is 1. The van der Waals surface area contributed by atoms with Crippen LogP contribution in [-0.4, -0.2) is 13.4 Å². The number of halogens is 2. The summed E-state index contributed by atoms with van der Waals surface area (Å²) in [6, 6.07) is 7.92. The third-order valence-corrected chi connectivity index (χ3v) is 4.19. The Morgan fingerprint density at radius 3 is 2.60 bits per heavy atom. The number of sulfonamides is 1. The van der Waals surface area contributed by atoms with Gasteiger partial charge in [0, 0.05) is 0 Å². The van der Waals surface area contributed by atoms with Crippen LogP contribution in [0, 0.1) is 17.3 Å². The van der Waals surface area contributed by atoms with Gasteiger partial charge >= 0.3 is 0 Å². The second kappa shape index (κ2) is 5.45. The molecule has 0 aliphatic heterocycles. The van der Waals surface area contributed by atoms with Crippen molar-refractivity contribution in [2.45, 2.75) is 4.90 Å². The second-order valence-electron chi connectivity index (χ2n) is 3.73. The monoisotopic (exact) mass is 311 g/mol. The normalized spacial score (nSPS) is 10.8. The van der Waals surface area contributed by atoms with E-state index in [1.807, 2.05) is 6.07 Å². The zero-order valence-corrected chi connectivity index (χ0v) is 11.4. The predicted molar refractivity (Wildman–Crippen MR) is 71.2 cm³/mol. The van der Waals surface area contributed by atoms with Crippen molar-refractivity contribution in [1.29, 1.82) is 5.26 Å². The van der Waals surface area contributed by atoms with Crippen molar-refractivity contribution < 1.29 is 12.8 Å². The minimum absolute atomic E-state index is 0.0772. The first-order valence-corrected chi connectivity index (χ1v) is 7.12. The molecule has 1 N–H and O–H groups in total. The van der Waals surface area contributed by atoms with E-state index in [4.69, 9.17) is 16.9 Å². The Hall–Kier alpha value is -2.17. The van der Waals surface area contributed by atoms with E-state index in [0.29, 0.717) is 0 Å². The van der Waals surface area contributed by atoms with Crippen molar-refractivity contribution in [1.82, 2.24) is 4.98 Å². The van der Waals surface area contributed by atoms with Crippen molar-refractivity contribution in [3.05, 3.63) is 53.1 Å². The molecule has 1 heterocycles. The molecule has 0 radical (unpaired) electrons. The van der Waals surface area contributed by atoms with Gasteiger partial charge in [0.15, 0.2) is 0 Å². The number of nitrogens with one attached hydrogen (secondary N) is 1. The highest BCUT2D eigenvalue weighted by Gasteiger charge is 2.18. The third-order valence-electron chi connectivity index (χ3n) is 2.33. The van der Waals surface area contributed by atoms with Gasteiger partial charge in [0.2, 0.25) is 5.95 Å². The number of hydrogen-bond acceptors (Lipinski definition) is 4. The van der Waals surface area contributed by atoms with E-state index >= 15 is 0 Å². The zero-order chi connectivity index (χ0) is 14.8. The summed E-state index contributed by atoms with van der Waals surface area (Å²) in [5, 5.41) is 8.62. The molecule has 0 saturated carbocycles. The van der Waals surface area contributed by atoms with Crippen molar-refractivity contribution in [2.75, 3.05) is 4.72 Å². The molecule has 20 heavy (non-hydrogen) atoms. The quantitative estimate of drug-likeness (QED) is 0.883. The summed E-state index contributed by atoms with van der Waals surface area (Å²) < 4.78 is 39.1. The fourth-order valence-electron chi connectivity index (χ4n) is 1.43. The van der Waals surface area contributed by atoms with Gasteiger partial charge in [-0.3, -0.25) is 4.72 Å². The lowest BCUT2D eigenvalue weighted by molar-refractivity contribution is 0.583. The van der Waals surface area contributed by atoms with Gasteiger partial charge in [-0.1, -0.05) is 11.6 Å². The summed E-state index contributed by atoms with van der Waals surface area (Å²) in [4.78, 5) is 3.16. The topological polar surface area (TPSA) is 82.8 Å². The molecule has 2 rings (SSSR count). The Bertz CT molecular complexity index is 785. The largest absolute Gasteiger partial charge is 0.278 e. The molecule has 0 spiro atoms. The summed E-state index contributed by atoms with van der Waals surface area (Å²) in [5.74, 6) is -0.718. The highest BCUT2D eigenvalue weighted by molar-refractivity contribution is 7.92. The van der Waals surface area contributed by atoms with E-state index in [1.54, 1.807) is 0 Å². The second-order valence-corrected chi connectivity index (χ2v) is 5.79. The molecule has 0 aliphatic rings. The first-order chi connectivity index (χ1) is 9.42. The van der Waals surface area contributed by atoms with Crippen LogP contribution in [0.2, 0.25) is 5.02 Å². The molecule has 0 atom stereocenters. The molecule has 0 aliphatic carbocycles. The molecule has 2 aromatic rings. The van der Waals surface area contributed by atoms with Crippen molar-refractivity contribution in [3.8, 4) is 6.07 Å². The summed E-state index contributed by atoms with van der Waals surface area (Å²) in [7, 11) is -3.94. The molecule has 0 amide bonds. The van der Waals surface area contributed by atoms with E-state index in [1.165, 1.54) is 24.3 Å². The molecule has 0 bridgehead atoms. The van der Waals surface area contributed by atoms with E-state index < -0.39 is 16.0 Å². The van der Waals surface area contributed by atoms with Crippen LogP contribution in [0.5, 0.6) is 0 Å². The Morgan fingerprint density at radius 1 is 1.30 bits per heavy atom. The number of anilines is 1. The van der Waals surface area contributed by atoms with Crippen molar-refractivity contribution in [2.24, 2.45) is 0 Å². The highest BCUT2D eigenvalue weighted by atomic mass is 35.5. The van der Waals surface area contributed by atoms with Gasteiger partial charge in [-0.25, -0.2) is 13.4 Å². The predicted octanol–water partition coefficient (Wildman–Crippen LogP) is 2.55. The Kier molecular flexibility index (Phi) is 3.88. The van der Waals surface area contributed by atoms with E-state index in [0.717, 1.165) is 12.3 Å². The SMILES string of the molecule is N#Cc1ccc(S(=O)(=O)Nc2ccc(F)nc2)c(Cl)c1. The van der Waals surface area contributed by atoms with Crippen LogP contribution in [-0.2, 0) is 10.0 Å². The first kappa shape index (κ1) is 14.2. The highest BCUT2D eigenvalue weighted by Crippen LogP contribution is 2.24. The molecular formula is C12H7ClFN3O2S. The summed E-state index contributed by atoms with van der Waals surface area (Å²) >= 11 is 5.84. The molecule has 8 heteroatoms. The molecule has 0 saturated heterocycles. The van der Waals surface area contributed by atoms with Crippen LogP contribution < -0.4 is 4.72 Å². The van der Waals surface area contributed by atoms with Gasteiger partial charge in [-0.2, -0.15) is 9.65 Å². The van der Waals surface area contributed by atoms with Crippen molar-refractivity contribution >= 4 is 27.3 Å². The average Bonchev–Trinajstić information content (AvgIpc) is 2.40. The summed E-state index contributed by atoms with van der Waals surface area (Å²) in [5.41, 5.74) is 0.351. The summed E-state index contributed by atoms with van der Waals surface area (Å²) in [6.45, 7) is 0. The maximum Gasteiger partial charge on any atom is 0.263 e. The molecule has 0 fully saturated rings. The number of aromatic nitrogens is 1. The fourth-order valence-corrected chi connectivity index (χ4v) is 3.02. The number of nitrogens with zero attached hydrogens (tertiary/aromatic N) is 2. The fraction of sp³-hybridized carbons (Fsp3) is 0. The van der Waals surface area contributed by atoms with E-state index in [2.05, 4.69) is 9.71 Å². The maximum absolute atomic E-state index is 12.6. The number of nitriles is 1. The molecular weight excluding hydrogens is 305 g/mol. The van der Waals surface area contributed by atoms with Gasteiger partial charge in [0.1, 0.15) is 4.90 Å². The molecule has 5 nitrogen and oxygen atoms in total. The van der Waals surface area contributed by atoms with E-state index in [9.17, 15) is 12.8 Å². The Morgan fingerprint density at radius 2 is 2.05 bits per heavy atom. The summed E-state index contributed by atoms with van der Waals surface area (Å²) in [6.07, 6.45) is 1.05. The third kappa shape index (κ3) is 3.04. The lowest BCUT2D eigenvalue weighted by Gasteiger charge is -2.09. The van der Waals surface area contributed by atoms with Gasteiger partial charge in [0.05, 0.1) is 28.5 Å². The number of hydrogen-bond donors (Lipinski definition) is 1. The average molecular weight is 312 g/mol.